The summed E-state index contributed by atoms with van der Waals surface area (Å²) in [7, 11) is 2.18. The van der Waals surface area contributed by atoms with Gasteiger partial charge in [0.2, 0.25) is 5.91 Å². The van der Waals surface area contributed by atoms with E-state index >= 15 is 0 Å². The van der Waals surface area contributed by atoms with Crippen LogP contribution in [0.25, 0.3) is 0 Å². The second kappa shape index (κ2) is 10.6. The van der Waals surface area contributed by atoms with Crippen molar-refractivity contribution in [3.63, 3.8) is 0 Å². The minimum atomic E-state index is -4.51. The molecule has 1 aliphatic heterocycles. The van der Waals surface area contributed by atoms with E-state index in [-0.39, 0.29) is 12.5 Å². The van der Waals surface area contributed by atoms with Crippen molar-refractivity contribution in [1.29, 1.82) is 0 Å². The van der Waals surface area contributed by atoms with Gasteiger partial charge in [0.05, 0.1) is 10.7 Å². The van der Waals surface area contributed by atoms with Crippen LogP contribution < -0.4 is 0 Å². The number of hydrogen-bond donors (Lipinski definition) is 0. The molecule has 2 aliphatic rings. The number of aryl methyl sites for hydroxylation is 2. The summed E-state index contributed by atoms with van der Waals surface area (Å²) in [5.74, 6) is 0.0966. The van der Waals surface area contributed by atoms with Crippen molar-refractivity contribution < 1.29 is 18.0 Å². The maximum Gasteiger partial charge on any atom is 0.435 e. The number of nitrogens with zero attached hydrogens (tertiary/aromatic N) is 5. The van der Waals surface area contributed by atoms with Crippen LogP contribution >= 0.6 is 11.3 Å². The van der Waals surface area contributed by atoms with Crippen molar-refractivity contribution in [3.05, 3.63) is 68.9 Å². The van der Waals surface area contributed by atoms with E-state index in [4.69, 9.17) is 4.98 Å². The highest BCUT2D eigenvalue weighted by atomic mass is 32.1. The molecule has 0 spiro atoms. The lowest BCUT2D eigenvalue weighted by molar-refractivity contribution is -0.142. The van der Waals surface area contributed by atoms with Gasteiger partial charge in [-0.2, -0.15) is 18.3 Å². The Kier molecular flexibility index (Phi) is 7.40. The number of fused-ring (bicyclic) bond motifs is 1. The van der Waals surface area contributed by atoms with E-state index in [0.717, 1.165) is 53.7 Å². The molecule has 1 amide bonds. The first-order valence-corrected chi connectivity index (χ1v) is 13.7. The van der Waals surface area contributed by atoms with Gasteiger partial charge in [-0.3, -0.25) is 14.4 Å². The molecule has 6 nitrogen and oxygen atoms in total. The number of hydrogen-bond acceptors (Lipinski definition) is 5. The molecule has 1 aromatic carbocycles. The van der Waals surface area contributed by atoms with Crippen LogP contribution in [0.1, 0.15) is 70.9 Å². The van der Waals surface area contributed by atoms with Crippen LogP contribution in [0, 0.1) is 6.92 Å². The number of halogens is 3. The zero-order valence-electron chi connectivity index (χ0n) is 21.2. The number of piperidine rings is 1. The second-order valence-electron chi connectivity index (χ2n) is 10.2. The Labute approximate surface area is 219 Å². The standard InChI is InChI=1S/C27H32F3N5OS/c1-18-14-24(27(28,29)30)32-35(18)16-25(36)34-12-10-20(11-13-34)26-31-21(17-37-26)15-33(2)23-9-5-7-19-6-3-4-8-22(19)23/h3-4,6,8,14,17,20,23H,5,7,9-13,15-16H2,1-2H3/t23-/m1/s1. The highest BCUT2D eigenvalue weighted by molar-refractivity contribution is 7.09. The lowest BCUT2D eigenvalue weighted by Gasteiger charge is -2.33. The van der Waals surface area contributed by atoms with Crippen LogP contribution in [0.3, 0.4) is 0 Å². The third-order valence-electron chi connectivity index (χ3n) is 7.60. The second-order valence-corrected chi connectivity index (χ2v) is 11.1. The molecule has 37 heavy (non-hydrogen) atoms. The van der Waals surface area contributed by atoms with E-state index in [1.165, 1.54) is 24.5 Å². The third-order valence-corrected chi connectivity index (χ3v) is 8.66. The summed E-state index contributed by atoms with van der Waals surface area (Å²) >= 11 is 1.69. The monoisotopic (exact) mass is 531 g/mol. The van der Waals surface area contributed by atoms with Crippen molar-refractivity contribution in [2.45, 2.75) is 70.3 Å². The van der Waals surface area contributed by atoms with E-state index in [0.29, 0.717) is 30.7 Å². The van der Waals surface area contributed by atoms with Crippen LogP contribution in [-0.4, -0.2) is 50.6 Å². The number of carbonyl (C=O) groups is 1. The first-order chi connectivity index (χ1) is 17.7. The Morgan fingerprint density at radius 1 is 1.19 bits per heavy atom. The summed E-state index contributed by atoms with van der Waals surface area (Å²) in [6.07, 6.45) is 0.604. The lowest BCUT2D eigenvalue weighted by atomic mass is 9.87. The molecule has 0 N–H and O–H groups in total. The van der Waals surface area contributed by atoms with Crippen LogP contribution in [0.4, 0.5) is 13.2 Å². The SMILES string of the molecule is Cc1cc(C(F)(F)F)nn1CC(=O)N1CCC(c2nc(CN(C)[C@@H]3CCCc4ccccc43)cs2)CC1. The quantitative estimate of drug-likeness (QED) is 0.417. The fourth-order valence-electron chi connectivity index (χ4n) is 5.55. The van der Waals surface area contributed by atoms with Gasteiger partial charge >= 0.3 is 6.18 Å². The number of carbonyl (C=O) groups excluding carboxylic acids is 1. The molecule has 1 saturated heterocycles. The number of aromatic nitrogens is 3. The predicted octanol–water partition coefficient (Wildman–Crippen LogP) is 5.58. The number of rotatable bonds is 6. The summed E-state index contributed by atoms with van der Waals surface area (Å²) in [6, 6.07) is 10.1. The van der Waals surface area contributed by atoms with Crippen LogP contribution in [-0.2, 0) is 30.5 Å². The maximum atomic E-state index is 12.9. The van der Waals surface area contributed by atoms with Crippen LogP contribution in [0.2, 0.25) is 0 Å². The minimum Gasteiger partial charge on any atom is -0.341 e. The fraction of sp³-hybridized carbons (Fsp3) is 0.519. The Hall–Kier alpha value is -2.72. The average molecular weight is 532 g/mol. The van der Waals surface area contributed by atoms with E-state index in [2.05, 4.69) is 46.7 Å². The van der Waals surface area contributed by atoms with E-state index < -0.39 is 11.9 Å². The van der Waals surface area contributed by atoms with Crippen molar-refractivity contribution in [2.24, 2.45) is 0 Å². The highest BCUT2D eigenvalue weighted by Gasteiger charge is 2.35. The molecule has 5 rings (SSSR count). The van der Waals surface area contributed by atoms with Gasteiger partial charge in [-0.1, -0.05) is 24.3 Å². The van der Waals surface area contributed by atoms with Crippen molar-refractivity contribution >= 4 is 17.2 Å². The number of amides is 1. The summed E-state index contributed by atoms with van der Waals surface area (Å²) in [4.78, 5) is 21.8. The number of benzene rings is 1. The lowest BCUT2D eigenvalue weighted by Crippen LogP contribution is -2.40. The molecule has 0 saturated carbocycles. The molecule has 3 heterocycles. The molecular formula is C27H32F3N5OS. The fourth-order valence-corrected chi connectivity index (χ4v) is 6.53. The summed E-state index contributed by atoms with van der Waals surface area (Å²) < 4.78 is 39.9. The summed E-state index contributed by atoms with van der Waals surface area (Å²) in [5, 5.41) is 6.84. The molecule has 0 unspecified atom stereocenters. The summed E-state index contributed by atoms with van der Waals surface area (Å²) in [5.41, 5.74) is 3.33. The Morgan fingerprint density at radius 3 is 2.68 bits per heavy atom. The predicted molar refractivity (Wildman–Crippen MR) is 136 cm³/mol. The van der Waals surface area contributed by atoms with Crippen molar-refractivity contribution in [1.82, 2.24) is 24.6 Å². The molecule has 0 radical (unpaired) electrons. The number of thiazole rings is 1. The Balaban J connectivity index is 1.15. The topological polar surface area (TPSA) is 54.3 Å². The first-order valence-electron chi connectivity index (χ1n) is 12.8. The third kappa shape index (κ3) is 5.75. The molecule has 0 bridgehead atoms. The van der Waals surface area contributed by atoms with Crippen LogP contribution in [0.15, 0.2) is 35.7 Å². The minimum absolute atomic E-state index is 0.176. The van der Waals surface area contributed by atoms with E-state index in [9.17, 15) is 18.0 Å². The molecule has 1 fully saturated rings. The first kappa shape index (κ1) is 25.9. The van der Waals surface area contributed by atoms with Gasteiger partial charge in [0.15, 0.2) is 5.69 Å². The molecule has 1 aliphatic carbocycles. The molecule has 1 atom stereocenters. The van der Waals surface area contributed by atoms with Gasteiger partial charge in [-0.15, -0.1) is 11.3 Å². The van der Waals surface area contributed by atoms with Gasteiger partial charge in [0, 0.05) is 42.7 Å². The zero-order valence-corrected chi connectivity index (χ0v) is 22.0. The normalized spacial score (nSPS) is 18.9. The Bertz CT molecular complexity index is 1240. The van der Waals surface area contributed by atoms with Gasteiger partial charge in [0.1, 0.15) is 6.54 Å². The van der Waals surface area contributed by atoms with Gasteiger partial charge in [0.25, 0.3) is 0 Å². The largest absolute Gasteiger partial charge is 0.435 e. The maximum absolute atomic E-state index is 12.9. The number of alkyl halides is 3. The smallest absolute Gasteiger partial charge is 0.341 e. The molecule has 2 aromatic heterocycles. The molecule has 3 aromatic rings. The van der Waals surface area contributed by atoms with Crippen molar-refractivity contribution in [3.8, 4) is 0 Å². The zero-order chi connectivity index (χ0) is 26.2. The molecular weight excluding hydrogens is 499 g/mol. The van der Waals surface area contributed by atoms with Gasteiger partial charge < -0.3 is 4.90 Å². The molecule has 10 heteroatoms. The molecule has 198 valence electrons. The summed E-state index contributed by atoms with van der Waals surface area (Å²) in [6.45, 7) is 3.31. The van der Waals surface area contributed by atoms with Crippen molar-refractivity contribution in [2.75, 3.05) is 20.1 Å². The van der Waals surface area contributed by atoms with Gasteiger partial charge in [-0.05, 0) is 63.3 Å². The van der Waals surface area contributed by atoms with E-state index in [1.807, 2.05) is 0 Å². The number of likely N-dealkylation sites (tertiary alicyclic amines) is 1. The highest BCUT2D eigenvalue weighted by Crippen LogP contribution is 2.35. The Morgan fingerprint density at radius 2 is 1.95 bits per heavy atom. The van der Waals surface area contributed by atoms with Gasteiger partial charge in [-0.25, -0.2) is 4.98 Å². The average Bonchev–Trinajstić information content (AvgIpc) is 3.50. The van der Waals surface area contributed by atoms with Crippen LogP contribution in [0.5, 0.6) is 0 Å². The van der Waals surface area contributed by atoms with E-state index in [1.54, 1.807) is 16.2 Å².